The lowest BCUT2D eigenvalue weighted by Gasteiger charge is -2.31. The van der Waals surface area contributed by atoms with Crippen molar-refractivity contribution >= 4 is 5.97 Å². The minimum Gasteiger partial charge on any atom is -0.481 e. The summed E-state index contributed by atoms with van der Waals surface area (Å²) in [5.74, 6) is -1.05. The van der Waals surface area contributed by atoms with Gasteiger partial charge in [0, 0.05) is 0 Å². The Bertz CT molecular complexity index is 551. The molecule has 0 bridgehead atoms. The van der Waals surface area contributed by atoms with E-state index in [4.69, 9.17) is 0 Å². The van der Waals surface area contributed by atoms with Crippen molar-refractivity contribution in [3.63, 3.8) is 0 Å². The van der Waals surface area contributed by atoms with Crippen molar-refractivity contribution in [3.8, 4) is 0 Å². The molecule has 0 spiro atoms. The van der Waals surface area contributed by atoms with E-state index in [0.29, 0.717) is 11.1 Å². The molecule has 2 rings (SSSR count). The third-order valence-electron chi connectivity index (χ3n) is 3.48. The van der Waals surface area contributed by atoms with Gasteiger partial charge in [0.15, 0.2) is 0 Å². The van der Waals surface area contributed by atoms with Crippen LogP contribution in [0.2, 0.25) is 0 Å². The molecule has 3 heteroatoms. The van der Waals surface area contributed by atoms with Gasteiger partial charge in [0.1, 0.15) is 5.41 Å². The number of aliphatic hydroxyl groups is 1. The van der Waals surface area contributed by atoms with Crippen LogP contribution in [0.5, 0.6) is 0 Å². The van der Waals surface area contributed by atoms with E-state index in [1.807, 2.05) is 12.1 Å². The molecule has 0 amide bonds. The Morgan fingerprint density at radius 1 is 1.00 bits per heavy atom. The van der Waals surface area contributed by atoms with Gasteiger partial charge < -0.3 is 10.2 Å². The van der Waals surface area contributed by atoms with E-state index in [1.54, 1.807) is 55.5 Å². The summed E-state index contributed by atoms with van der Waals surface area (Å²) in [5, 5.41) is 20.0. The fourth-order valence-corrected chi connectivity index (χ4v) is 2.15. The van der Waals surface area contributed by atoms with Crippen molar-refractivity contribution in [2.45, 2.75) is 18.4 Å². The maximum atomic E-state index is 11.7. The summed E-state index contributed by atoms with van der Waals surface area (Å²) in [6.45, 7) is 1.54. The van der Waals surface area contributed by atoms with Gasteiger partial charge in [-0.25, -0.2) is 0 Å². The Labute approximate surface area is 112 Å². The number of aliphatic hydroxyl groups excluding tert-OH is 1. The molecule has 2 N–H and O–H groups in total. The molecule has 0 radical (unpaired) electrons. The number of carbonyl (C=O) groups is 1. The molecular formula is C16H16O3. The summed E-state index contributed by atoms with van der Waals surface area (Å²) in [7, 11) is 0. The second kappa shape index (κ2) is 5.24. The number of hydrogen-bond donors (Lipinski definition) is 2. The summed E-state index contributed by atoms with van der Waals surface area (Å²) in [6.07, 6.45) is -1.10. The van der Waals surface area contributed by atoms with Gasteiger partial charge in [0.2, 0.25) is 0 Å². The zero-order chi connectivity index (χ0) is 13.9. The van der Waals surface area contributed by atoms with Crippen LogP contribution in [0.4, 0.5) is 0 Å². The highest BCUT2D eigenvalue weighted by Gasteiger charge is 2.43. The second-order valence-electron chi connectivity index (χ2n) is 4.69. The molecule has 0 aromatic heterocycles. The summed E-state index contributed by atoms with van der Waals surface area (Å²) >= 11 is 0. The number of hydrogen-bond acceptors (Lipinski definition) is 2. The van der Waals surface area contributed by atoms with E-state index in [9.17, 15) is 15.0 Å². The van der Waals surface area contributed by atoms with Crippen molar-refractivity contribution in [1.82, 2.24) is 0 Å². The van der Waals surface area contributed by atoms with Gasteiger partial charge in [-0.05, 0) is 18.1 Å². The van der Waals surface area contributed by atoms with E-state index in [1.165, 1.54) is 0 Å². The smallest absolute Gasteiger partial charge is 0.316 e. The van der Waals surface area contributed by atoms with Crippen molar-refractivity contribution in [2.75, 3.05) is 0 Å². The van der Waals surface area contributed by atoms with E-state index >= 15 is 0 Å². The third kappa shape index (κ3) is 2.37. The highest BCUT2D eigenvalue weighted by Crippen LogP contribution is 2.37. The SMILES string of the molecule is C[C@](C(=O)O)(c1ccccc1)[C@@H](O)c1ccccc1. The molecule has 2 atom stereocenters. The minimum atomic E-state index is -1.37. The predicted molar refractivity (Wildman–Crippen MR) is 72.8 cm³/mol. The van der Waals surface area contributed by atoms with Crippen molar-refractivity contribution in [2.24, 2.45) is 0 Å². The lowest BCUT2D eigenvalue weighted by atomic mass is 9.75. The summed E-state index contributed by atoms with van der Waals surface area (Å²) < 4.78 is 0. The van der Waals surface area contributed by atoms with Gasteiger partial charge in [-0.1, -0.05) is 60.7 Å². The molecule has 2 aromatic rings. The van der Waals surface area contributed by atoms with Crippen molar-refractivity contribution in [3.05, 3.63) is 71.8 Å². The first-order valence-corrected chi connectivity index (χ1v) is 6.08. The lowest BCUT2D eigenvalue weighted by molar-refractivity contribution is -0.148. The fourth-order valence-electron chi connectivity index (χ4n) is 2.15. The summed E-state index contributed by atoms with van der Waals surface area (Å²) in [4.78, 5) is 11.7. The third-order valence-corrected chi connectivity index (χ3v) is 3.48. The Morgan fingerprint density at radius 2 is 1.47 bits per heavy atom. The van der Waals surface area contributed by atoms with E-state index in [2.05, 4.69) is 0 Å². The molecule has 98 valence electrons. The monoisotopic (exact) mass is 256 g/mol. The average molecular weight is 256 g/mol. The Balaban J connectivity index is 2.49. The van der Waals surface area contributed by atoms with Crippen LogP contribution < -0.4 is 0 Å². The number of carboxylic acids is 1. The summed E-state index contributed by atoms with van der Waals surface area (Å²) in [6, 6.07) is 17.7. The molecule has 0 unspecified atom stereocenters. The van der Waals surface area contributed by atoms with Gasteiger partial charge in [-0.2, -0.15) is 0 Å². The molecule has 0 aliphatic carbocycles. The largest absolute Gasteiger partial charge is 0.481 e. The normalized spacial score (nSPS) is 15.5. The molecule has 2 aromatic carbocycles. The first-order valence-electron chi connectivity index (χ1n) is 6.08. The van der Waals surface area contributed by atoms with Gasteiger partial charge in [-0.3, -0.25) is 4.79 Å². The van der Waals surface area contributed by atoms with E-state index in [-0.39, 0.29) is 0 Å². The number of aliphatic carboxylic acids is 1. The van der Waals surface area contributed by atoms with Crippen LogP contribution in [0.1, 0.15) is 24.2 Å². The van der Waals surface area contributed by atoms with Crippen LogP contribution in [-0.2, 0) is 10.2 Å². The molecule has 0 saturated carbocycles. The Morgan fingerprint density at radius 3 is 1.95 bits per heavy atom. The van der Waals surface area contributed by atoms with Gasteiger partial charge in [0.05, 0.1) is 6.10 Å². The average Bonchev–Trinajstić information content (AvgIpc) is 2.47. The number of benzene rings is 2. The van der Waals surface area contributed by atoms with Gasteiger partial charge in [0.25, 0.3) is 0 Å². The fraction of sp³-hybridized carbons (Fsp3) is 0.188. The molecule has 19 heavy (non-hydrogen) atoms. The van der Waals surface area contributed by atoms with Crippen molar-refractivity contribution in [1.29, 1.82) is 0 Å². The molecule has 0 aliphatic rings. The highest BCUT2D eigenvalue weighted by atomic mass is 16.4. The summed E-state index contributed by atoms with van der Waals surface area (Å²) in [5.41, 5.74) is -0.196. The number of carboxylic acid groups (broad SMARTS) is 1. The molecular weight excluding hydrogens is 240 g/mol. The van der Waals surface area contributed by atoms with Crippen LogP contribution in [0.25, 0.3) is 0 Å². The molecule has 0 heterocycles. The van der Waals surface area contributed by atoms with Crippen LogP contribution in [0, 0.1) is 0 Å². The standard InChI is InChI=1S/C16H16O3/c1-16(15(18)19,13-10-6-3-7-11-13)14(17)12-8-4-2-5-9-12/h2-11,14,17H,1H3,(H,18,19)/t14-,16-/m0/s1. The molecule has 0 saturated heterocycles. The molecule has 0 fully saturated rings. The predicted octanol–water partition coefficient (Wildman–Crippen LogP) is 2.76. The maximum absolute atomic E-state index is 11.7. The first kappa shape index (κ1) is 13.3. The Hall–Kier alpha value is -2.13. The van der Waals surface area contributed by atoms with E-state index < -0.39 is 17.5 Å². The van der Waals surface area contributed by atoms with Crippen molar-refractivity contribution < 1.29 is 15.0 Å². The number of rotatable bonds is 4. The zero-order valence-corrected chi connectivity index (χ0v) is 10.7. The van der Waals surface area contributed by atoms with Crippen LogP contribution >= 0.6 is 0 Å². The lowest BCUT2D eigenvalue weighted by Crippen LogP contribution is -2.38. The molecule has 0 aliphatic heterocycles. The van der Waals surface area contributed by atoms with Gasteiger partial charge >= 0.3 is 5.97 Å². The van der Waals surface area contributed by atoms with Crippen LogP contribution in [-0.4, -0.2) is 16.2 Å². The Kier molecular flexibility index (Phi) is 3.67. The van der Waals surface area contributed by atoms with E-state index in [0.717, 1.165) is 0 Å². The highest BCUT2D eigenvalue weighted by molar-refractivity contribution is 5.82. The van der Waals surface area contributed by atoms with Crippen LogP contribution in [0.3, 0.4) is 0 Å². The first-order chi connectivity index (χ1) is 9.06. The topological polar surface area (TPSA) is 57.5 Å². The van der Waals surface area contributed by atoms with Crippen LogP contribution in [0.15, 0.2) is 60.7 Å². The zero-order valence-electron chi connectivity index (χ0n) is 10.7. The minimum absolute atomic E-state index is 0.582. The molecule has 3 nitrogen and oxygen atoms in total. The van der Waals surface area contributed by atoms with Gasteiger partial charge in [-0.15, -0.1) is 0 Å². The second-order valence-corrected chi connectivity index (χ2v) is 4.69. The maximum Gasteiger partial charge on any atom is 0.316 e. The quantitative estimate of drug-likeness (QED) is 0.884.